The van der Waals surface area contributed by atoms with Crippen molar-refractivity contribution in [2.75, 3.05) is 38.6 Å². The zero-order valence-electron chi connectivity index (χ0n) is 19.7. The average Bonchev–Trinajstić information content (AvgIpc) is 3.29. The van der Waals surface area contributed by atoms with Gasteiger partial charge in [-0.3, -0.25) is 4.90 Å². The Morgan fingerprint density at radius 1 is 1.06 bits per heavy atom. The highest BCUT2D eigenvalue weighted by molar-refractivity contribution is 7.99. The molecule has 0 aliphatic carbocycles. The molecule has 5 rings (SSSR count). The molecule has 9 heteroatoms. The van der Waals surface area contributed by atoms with E-state index in [1.807, 2.05) is 42.5 Å². The Morgan fingerprint density at radius 3 is 2.69 bits per heavy atom. The van der Waals surface area contributed by atoms with E-state index < -0.39 is 5.63 Å². The van der Waals surface area contributed by atoms with Crippen LogP contribution in [0.1, 0.15) is 12.7 Å². The third kappa shape index (κ3) is 5.58. The third-order valence-electron chi connectivity index (χ3n) is 6.02. The van der Waals surface area contributed by atoms with Crippen LogP contribution in [-0.2, 0) is 17.9 Å². The predicted molar refractivity (Wildman–Crippen MR) is 136 cm³/mol. The minimum atomic E-state index is -0.391. The molecule has 0 amide bonds. The van der Waals surface area contributed by atoms with Crippen LogP contribution >= 0.6 is 11.8 Å². The Hall–Kier alpha value is -3.14. The molecular weight excluding hydrogens is 464 g/mol. The van der Waals surface area contributed by atoms with Crippen molar-refractivity contribution in [2.45, 2.75) is 25.2 Å². The molecule has 2 aromatic carbocycles. The van der Waals surface area contributed by atoms with Gasteiger partial charge in [0.05, 0.1) is 13.2 Å². The Bertz CT molecular complexity index is 1330. The van der Waals surface area contributed by atoms with Crippen molar-refractivity contribution in [1.82, 2.24) is 19.7 Å². The van der Waals surface area contributed by atoms with Crippen LogP contribution in [-0.4, -0.2) is 58.3 Å². The van der Waals surface area contributed by atoms with E-state index in [9.17, 15) is 4.79 Å². The van der Waals surface area contributed by atoms with Crippen molar-refractivity contribution in [1.29, 1.82) is 0 Å². The van der Waals surface area contributed by atoms with Crippen LogP contribution in [0.25, 0.3) is 22.1 Å². The summed E-state index contributed by atoms with van der Waals surface area (Å²) in [7, 11) is 0. The minimum absolute atomic E-state index is 0.277. The van der Waals surface area contributed by atoms with Gasteiger partial charge < -0.3 is 18.5 Å². The van der Waals surface area contributed by atoms with Crippen molar-refractivity contribution in [3.05, 3.63) is 70.8 Å². The van der Waals surface area contributed by atoms with E-state index in [1.165, 1.54) is 6.07 Å². The van der Waals surface area contributed by atoms with Crippen LogP contribution in [0.3, 0.4) is 0 Å². The molecule has 0 unspecified atom stereocenters. The summed E-state index contributed by atoms with van der Waals surface area (Å²) < 4.78 is 19.0. The maximum atomic E-state index is 12.2. The number of morpholine rings is 1. The molecule has 182 valence electrons. The van der Waals surface area contributed by atoms with Crippen molar-refractivity contribution < 1.29 is 13.9 Å². The fourth-order valence-electron chi connectivity index (χ4n) is 4.18. The Morgan fingerprint density at radius 2 is 1.89 bits per heavy atom. The molecule has 0 bridgehead atoms. The average molecular weight is 493 g/mol. The normalized spacial score (nSPS) is 14.4. The van der Waals surface area contributed by atoms with Gasteiger partial charge in [-0.15, -0.1) is 10.2 Å². The molecule has 3 heterocycles. The van der Waals surface area contributed by atoms with Gasteiger partial charge in [-0.2, -0.15) is 0 Å². The van der Waals surface area contributed by atoms with Crippen LogP contribution in [0.4, 0.5) is 0 Å². The van der Waals surface area contributed by atoms with Gasteiger partial charge in [0.25, 0.3) is 0 Å². The first-order valence-electron chi connectivity index (χ1n) is 11.8. The summed E-state index contributed by atoms with van der Waals surface area (Å²) in [6, 6.07) is 16.9. The van der Waals surface area contributed by atoms with Gasteiger partial charge in [-0.05, 0) is 30.2 Å². The van der Waals surface area contributed by atoms with Crippen molar-refractivity contribution >= 4 is 22.7 Å². The van der Waals surface area contributed by atoms with Crippen LogP contribution in [0.15, 0.2) is 69.0 Å². The molecule has 1 saturated heterocycles. The lowest BCUT2D eigenvalue weighted by atomic mass is 10.0. The summed E-state index contributed by atoms with van der Waals surface area (Å²) in [4.78, 5) is 14.6. The summed E-state index contributed by atoms with van der Waals surface area (Å²) in [5.41, 5.74) is 1.91. The lowest BCUT2D eigenvalue weighted by Crippen LogP contribution is -2.37. The molecule has 0 radical (unpaired) electrons. The first-order valence-corrected chi connectivity index (χ1v) is 12.8. The highest BCUT2D eigenvalue weighted by atomic mass is 32.2. The second kappa shape index (κ2) is 11.1. The third-order valence-corrected chi connectivity index (χ3v) is 6.97. The summed E-state index contributed by atoms with van der Waals surface area (Å²) >= 11 is 1.71. The fraction of sp³-hybridized carbons (Fsp3) is 0.346. The Balaban J connectivity index is 1.27. The smallest absolute Gasteiger partial charge is 0.336 e. The van der Waals surface area contributed by atoms with Gasteiger partial charge >= 0.3 is 5.63 Å². The van der Waals surface area contributed by atoms with Gasteiger partial charge in [0.2, 0.25) is 0 Å². The number of nitrogens with zero attached hydrogens (tertiary/aromatic N) is 4. The van der Waals surface area contributed by atoms with E-state index in [1.54, 1.807) is 17.8 Å². The van der Waals surface area contributed by atoms with Crippen molar-refractivity contribution in [3.63, 3.8) is 0 Å². The van der Waals surface area contributed by atoms with E-state index in [-0.39, 0.29) is 6.61 Å². The van der Waals surface area contributed by atoms with Gasteiger partial charge in [-0.1, -0.05) is 42.1 Å². The second-order valence-electron chi connectivity index (χ2n) is 8.24. The maximum Gasteiger partial charge on any atom is 0.336 e. The molecule has 1 fully saturated rings. The van der Waals surface area contributed by atoms with Crippen LogP contribution in [0.5, 0.6) is 5.75 Å². The summed E-state index contributed by atoms with van der Waals surface area (Å²) in [5, 5.41) is 10.5. The molecule has 0 atom stereocenters. The monoisotopic (exact) mass is 492 g/mol. The number of aromatic nitrogens is 3. The van der Waals surface area contributed by atoms with Gasteiger partial charge in [0.1, 0.15) is 17.9 Å². The van der Waals surface area contributed by atoms with E-state index in [4.69, 9.17) is 13.9 Å². The molecule has 0 saturated carbocycles. The minimum Gasteiger partial charge on any atom is -0.485 e. The first kappa shape index (κ1) is 23.6. The lowest BCUT2D eigenvalue weighted by molar-refractivity contribution is 0.0410. The first-order chi connectivity index (χ1) is 17.2. The fourth-order valence-corrected chi connectivity index (χ4v) is 5.20. The van der Waals surface area contributed by atoms with E-state index in [2.05, 4.69) is 26.6 Å². The number of rotatable bonds is 9. The molecule has 0 N–H and O–H groups in total. The number of hydrogen-bond donors (Lipinski definition) is 0. The molecule has 2 aromatic heterocycles. The zero-order chi connectivity index (χ0) is 24.0. The Kier molecular flexibility index (Phi) is 7.46. The van der Waals surface area contributed by atoms with Crippen molar-refractivity contribution in [3.8, 4) is 16.9 Å². The lowest BCUT2D eigenvalue weighted by Gasteiger charge is -2.26. The second-order valence-corrected chi connectivity index (χ2v) is 9.30. The highest BCUT2D eigenvalue weighted by Gasteiger charge is 2.15. The summed E-state index contributed by atoms with van der Waals surface area (Å²) in [5.74, 6) is 2.32. The molecule has 4 aromatic rings. The molecule has 8 nitrogen and oxygen atoms in total. The molecule has 1 aliphatic rings. The molecular formula is C26H28N4O4S. The number of fused-ring (bicyclic) bond motifs is 1. The van der Waals surface area contributed by atoms with Crippen molar-refractivity contribution in [2.24, 2.45) is 0 Å². The maximum absolute atomic E-state index is 12.2. The summed E-state index contributed by atoms with van der Waals surface area (Å²) in [6.07, 6.45) is 0. The van der Waals surface area contributed by atoms with E-state index in [0.29, 0.717) is 11.3 Å². The van der Waals surface area contributed by atoms with Crippen LogP contribution in [0, 0.1) is 0 Å². The largest absolute Gasteiger partial charge is 0.485 e. The molecule has 0 spiro atoms. The molecule has 1 aliphatic heterocycles. The number of benzene rings is 2. The zero-order valence-corrected chi connectivity index (χ0v) is 20.5. The number of thioether (sulfide) groups is 1. The standard InChI is InChI=1S/C26H28N4O4S/c1-2-30-24(27-28-26(30)35-15-12-29-10-13-32-14-11-29)18-33-20-8-9-21-22(19-6-4-3-5-7-19)17-25(31)34-23(21)16-20/h3-9,16-17H,2,10-15,18H2,1H3. The number of hydrogen-bond acceptors (Lipinski definition) is 8. The SMILES string of the molecule is CCn1c(COc2ccc3c(-c4ccccc4)cc(=O)oc3c2)nnc1SCCN1CCOCC1. The van der Waals surface area contributed by atoms with Gasteiger partial charge in [0, 0.05) is 49.5 Å². The van der Waals surface area contributed by atoms with Gasteiger partial charge in [-0.25, -0.2) is 4.79 Å². The highest BCUT2D eigenvalue weighted by Crippen LogP contribution is 2.30. The predicted octanol–water partition coefficient (Wildman–Crippen LogP) is 4.07. The van der Waals surface area contributed by atoms with E-state index in [0.717, 1.165) is 72.6 Å². The molecule has 35 heavy (non-hydrogen) atoms. The van der Waals surface area contributed by atoms with Crippen LogP contribution in [0.2, 0.25) is 0 Å². The quantitative estimate of drug-likeness (QED) is 0.255. The summed E-state index contributed by atoms with van der Waals surface area (Å²) in [6.45, 7) is 7.71. The topological polar surface area (TPSA) is 82.6 Å². The Labute approximate surface area is 207 Å². The van der Waals surface area contributed by atoms with Crippen LogP contribution < -0.4 is 10.4 Å². The van der Waals surface area contributed by atoms with Gasteiger partial charge in [0.15, 0.2) is 11.0 Å². The number of ether oxygens (including phenoxy) is 2. The van der Waals surface area contributed by atoms with E-state index >= 15 is 0 Å².